The molecule has 1 saturated heterocycles. The number of nitrogens with one attached hydrogen (secondary N) is 1. The van der Waals surface area contributed by atoms with Crippen LogP contribution in [-0.2, 0) is 6.42 Å². The van der Waals surface area contributed by atoms with E-state index < -0.39 is 0 Å². The van der Waals surface area contributed by atoms with E-state index >= 15 is 0 Å². The van der Waals surface area contributed by atoms with Crippen molar-refractivity contribution < 1.29 is 4.79 Å². The maximum atomic E-state index is 12.9. The summed E-state index contributed by atoms with van der Waals surface area (Å²) in [6.07, 6.45) is 2.45. The molecule has 0 spiro atoms. The van der Waals surface area contributed by atoms with E-state index in [1.165, 1.54) is 0 Å². The summed E-state index contributed by atoms with van der Waals surface area (Å²) < 4.78 is 10.1. The first-order valence-electron chi connectivity index (χ1n) is 10.3. The lowest BCUT2D eigenvalue weighted by atomic mass is 9.92. The Labute approximate surface area is 182 Å². The van der Waals surface area contributed by atoms with Crippen molar-refractivity contribution >= 4 is 28.7 Å². The van der Waals surface area contributed by atoms with Crippen LogP contribution in [-0.4, -0.2) is 47.4 Å². The number of carbonyl (C=O) groups is 1. The Morgan fingerprint density at radius 2 is 1.90 bits per heavy atom. The predicted octanol–water partition coefficient (Wildman–Crippen LogP) is 2.97. The zero-order chi connectivity index (χ0) is 21.4. The third kappa shape index (κ3) is 3.76. The van der Waals surface area contributed by atoms with Gasteiger partial charge in [-0.1, -0.05) is 18.2 Å². The SMILES string of the molecule is Cc1ccccc1-n1c(CC2CCN(C(=O)c3ccc4nsnc4c3)CC2)n[nH]c1=O. The number of hydrogen-bond acceptors (Lipinski definition) is 6. The van der Waals surface area contributed by atoms with Gasteiger partial charge >= 0.3 is 5.69 Å². The highest BCUT2D eigenvalue weighted by molar-refractivity contribution is 7.00. The van der Waals surface area contributed by atoms with E-state index in [-0.39, 0.29) is 11.6 Å². The molecule has 0 unspecified atom stereocenters. The van der Waals surface area contributed by atoms with E-state index in [1.807, 2.05) is 54.3 Å². The number of benzene rings is 2. The van der Waals surface area contributed by atoms with Gasteiger partial charge < -0.3 is 4.90 Å². The second-order valence-corrected chi connectivity index (χ2v) is 8.50. The fraction of sp³-hybridized carbons (Fsp3) is 0.318. The Morgan fingerprint density at radius 1 is 1.13 bits per heavy atom. The molecule has 1 aliphatic rings. The van der Waals surface area contributed by atoms with E-state index in [4.69, 9.17) is 0 Å². The van der Waals surface area contributed by atoms with Crippen LogP contribution >= 0.6 is 11.7 Å². The van der Waals surface area contributed by atoms with Gasteiger partial charge in [0.25, 0.3) is 5.91 Å². The highest BCUT2D eigenvalue weighted by Crippen LogP contribution is 2.24. The van der Waals surface area contributed by atoms with Crippen LogP contribution in [0.1, 0.15) is 34.6 Å². The molecule has 0 radical (unpaired) electrons. The molecule has 158 valence electrons. The minimum atomic E-state index is -0.219. The van der Waals surface area contributed by atoms with E-state index in [2.05, 4.69) is 18.9 Å². The molecule has 2 aromatic heterocycles. The molecule has 1 fully saturated rings. The number of rotatable bonds is 4. The summed E-state index contributed by atoms with van der Waals surface area (Å²) in [5, 5.41) is 6.88. The van der Waals surface area contributed by atoms with Crippen molar-refractivity contribution in [1.82, 2.24) is 28.4 Å². The van der Waals surface area contributed by atoms with Crippen molar-refractivity contribution in [2.75, 3.05) is 13.1 Å². The largest absolute Gasteiger partial charge is 0.347 e. The van der Waals surface area contributed by atoms with Gasteiger partial charge in [0.15, 0.2) is 0 Å². The first-order valence-corrected chi connectivity index (χ1v) is 11.1. The number of nitrogens with zero attached hydrogens (tertiary/aromatic N) is 5. The second kappa shape index (κ2) is 8.07. The predicted molar refractivity (Wildman–Crippen MR) is 119 cm³/mol. The summed E-state index contributed by atoms with van der Waals surface area (Å²) in [5.74, 6) is 1.14. The fourth-order valence-electron chi connectivity index (χ4n) is 4.23. The first kappa shape index (κ1) is 19.6. The highest BCUT2D eigenvalue weighted by Gasteiger charge is 2.26. The van der Waals surface area contributed by atoms with Crippen molar-refractivity contribution in [3.63, 3.8) is 0 Å². The fourth-order valence-corrected chi connectivity index (χ4v) is 4.74. The highest BCUT2D eigenvalue weighted by atomic mass is 32.1. The van der Waals surface area contributed by atoms with Gasteiger partial charge in [-0.2, -0.15) is 13.8 Å². The molecule has 1 amide bonds. The summed E-state index contributed by atoms with van der Waals surface area (Å²) in [6.45, 7) is 3.37. The van der Waals surface area contributed by atoms with Gasteiger partial charge in [0.2, 0.25) is 0 Å². The summed E-state index contributed by atoms with van der Waals surface area (Å²) >= 11 is 1.15. The molecule has 9 heteroatoms. The molecule has 8 nitrogen and oxygen atoms in total. The maximum Gasteiger partial charge on any atom is 0.347 e. The Bertz CT molecular complexity index is 1300. The van der Waals surface area contributed by atoms with Gasteiger partial charge in [0.1, 0.15) is 16.9 Å². The first-order chi connectivity index (χ1) is 15.1. The lowest BCUT2D eigenvalue weighted by Crippen LogP contribution is -2.39. The summed E-state index contributed by atoms with van der Waals surface area (Å²) in [4.78, 5) is 27.2. The van der Waals surface area contributed by atoms with Crippen molar-refractivity contribution in [3.05, 3.63) is 69.9 Å². The lowest BCUT2D eigenvalue weighted by molar-refractivity contribution is 0.0690. The molecular weight excluding hydrogens is 412 g/mol. The Morgan fingerprint density at radius 3 is 2.71 bits per heavy atom. The summed E-state index contributed by atoms with van der Waals surface area (Å²) in [7, 11) is 0. The molecule has 31 heavy (non-hydrogen) atoms. The molecule has 3 heterocycles. The van der Waals surface area contributed by atoms with E-state index in [0.29, 0.717) is 31.0 Å². The monoisotopic (exact) mass is 434 g/mol. The molecule has 1 aliphatic heterocycles. The van der Waals surface area contributed by atoms with Crippen molar-refractivity contribution in [1.29, 1.82) is 0 Å². The number of likely N-dealkylation sites (tertiary alicyclic amines) is 1. The number of para-hydroxylation sites is 1. The minimum absolute atomic E-state index is 0.0324. The van der Waals surface area contributed by atoms with Crippen LogP contribution in [0.3, 0.4) is 0 Å². The van der Waals surface area contributed by atoms with Gasteiger partial charge in [0, 0.05) is 25.1 Å². The average Bonchev–Trinajstić information content (AvgIpc) is 3.40. The van der Waals surface area contributed by atoms with Crippen LogP contribution in [0.4, 0.5) is 0 Å². The summed E-state index contributed by atoms with van der Waals surface area (Å²) in [6, 6.07) is 13.3. The maximum absolute atomic E-state index is 12.9. The molecule has 5 rings (SSSR count). The van der Waals surface area contributed by atoms with E-state index in [0.717, 1.165) is 52.7 Å². The molecule has 0 aliphatic carbocycles. The number of hydrogen-bond donors (Lipinski definition) is 1. The normalized spacial score (nSPS) is 14.9. The van der Waals surface area contributed by atoms with Gasteiger partial charge in [-0.05, 0) is 55.5 Å². The van der Waals surface area contributed by atoms with Crippen LogP contribution in [0.2, 0.25) is 0 Å². The van der Waals surface area contributed by atoms with Crippen LogP contribution in [0.5, 0.6) is 0 Å². The minimum Gasteiger partial charge on any atom is -0.339 e. The van der Waals surface area contributed by atoms with Crippen LogP contribution in [0.15, 0.2) is 47.3 Å². The molecule has 0 saturated carbocycles. The van der Waals surface area contributed by atoms with Crippen LogP contribution in [0, 0.1) is 12.8 Å². The Hall–Kier alpha value is -3.33. The Kier molecular flexibility index (Phi) is 5.11. The molecule has 2 aromatic carbocycles. The zero-order valence-corrected chi connectivity index (χ0v) is 17.9. The van der Waals surface area contributed by atoms with Crippen molar-refractivity contribution in [2.24, 2.45) is 5.92 Å². The second-order valence-electron chi connectivity index (χ2n) is 7.97. The molecular formula is C22H22N6O2S. The Balaban J connectivity index is 1.27. The zero-order valence-electron chi connectivity index (χ0n) is 17.1. The van der Waals surface area contributed by atoms with Gasteiger partial charge in [-0.25, -0.2) is 14.5 Å². The number of aromatic nitrogens is 5. The number of H-pyrrole nitrogens is 1. The van der Waals surface area contributed by atoms with Gasteiger partial charge in [-0.3, -0.25) is 4.79 Å². The molecule has 4 aromatic rings. The molecule has 0 bridgehead atoms. The topological polar surface area (TPSA) is 96.8 Å². The number of aromatic amines is 1. The van der Waals surface area contributed by atoms with Crippen molar-refractivity contribution in [2.45, 2.75) is 26.2 Å². The third-order valence-electron chi connectivity index (χ3n) is 5.97. The van der Waals surface area contributed by atoms with Gasteiger partial charge in [-0.15, -0.1) is 0 Å². The average molecular weight is 435 g/mol. The number of amides is 1. The number of aryl methyl sites for hydroxylation is 1. The van der Waals surface area contributed by atoms with E-state index in [1.54, 1.807) is 4.57 Å². The number of carbonyl (C=O) groups excluding carboxylic acids is 1. The molecule has 1 N–H and O–H groups in total. The third-order valence-corrected chi connectivity index (χ3v) is 6.53. The van der Waals surface area contributed by atoms with Crippen LogP contribution in [0.25, 0.3) is 16.7 Å². The van der Waals surface area contributed by atoms with Gasteiger partial charge in [0.05, 0.1) is 17.4 Å². The van der Waals surface area contributed by atoms with E-state index in [9.17, 15) is 9.59 Å². The molecule has 0 atom stereocenters. The van der Waals surface area contributed by atoms with Crippen LogP contribution < -0.4 is 5.69 Å². The summed E-state index contributed by atoms with van der Waals surface area (Å²) in [5.41, 5.74) is 3.90. The lowest BCUT2D eigenvalue weighted by Gasteiger charge is -2.32. The number of piperidine rings is 1. The number of fused-ring (bicyclic) bond motifs is 1. The smallest absolute Gasteiger partial charge is 0.339 e. The standard InChI is InChI=1S/C22H22N6O2S/c1-14-4-2-3-5-19(14)28-20(23-24-22(28)30)12-15-8-10-27(11-9-15)21(29)16-6-7-17-18(13-16)26-31-25-17/h2-7,13,15H,8-12H2,1H3,(H,24,30). The quantitative estimate of drug-likeness (QED) is 0.533. The van der Waals surface area contributed by atoms with Crippen molar-refractivity contribution in [3.8, 4) is 5.69 Å².